The monoisotopic (exact) mass is 156 g/mol. The van der Waals surface area contributed by atoms with Crippen molar-refractivity contribution in [2.24, 2.45) is 17.3 Å². The van der Waals surface area contributed by atoms with E-state index in [1.807, 2.05) is 0 Å². The molecule has 0 bridgehead atoms. The van der Waals surface area contributed by atoms with E-state index in [-0.39, 0.29) is 11.3 Å². The summed E-state index contributed by atoms with van der Waals surface area (Å²) in [7, 11) is 0. The molecule has 0 aromatic heterocycles. The minimum absolute atomic E-state index is 0.111. The van der Waals surface area contributed by atoms with Gasteiger partial charge in [-0.05, 0) is 11.3 Å². The van der Waals surface area contributed by atoms with Gasteiger partial charge >= 0.3 is 0 Å². The molecule has 0 rings (SSSR count). The van der Waals surface area contributed by atoms with E-state index >= 15 is 0 Å². The fraction of sp³-hybridized carbons (Fsp3) is 0.800. The molecule has 1 heteroatoms. The van der Waals surface area contributed by atoms with Crippen LogP contribution in [-0.4, -0.2) is 5.11 Å². The van der Waals surface area contributed by atoms with Crippen LogP contribution in [0, 0.1) is 17.3 Å². The molecular weight excluding hydrogens is 136 g/mol. The van der Waals surface area contributed by atoms with Gasteiger partial charge in [-0.3, -0.25) is 0 Å². The Hall–Kier alpha value is -0.460. The summed E-state index contributed by atoms with van der Waals surface area (Å²) in [5, 5.41) is 9.32. The van der Waals surface area contributed by atoms with Crippen molar-refractivity contribution >= 4 is 0 Å². The Bertz CT molecular complexity index is 139. The fourth-order valence-corrected chi connectivity index (χ4v) is 1.88. The van der Waals surface area contributed by atoms with Gasteiger partial charge in [0, 0.05) is 5.92 Å². The number of rotatable bonds is 2. The van der Waals surface area contributed by atoms with Crippen LogP contribution >= 0.6 is 0 Å². The van der Waals surface area contributed by atoms with Gasteiger partial charge in [-0.1, -0.05) is 41.2 Å². The first-order valence-corrected chi connectivity index (χ1v) is 4.14. The van der Waals surface area contributed by atoms with E-state index in [0.29, 0.717) is 11.7 Å². The third-order valence-corrected chi connectivity index (χ3v) is 1.96. The number of hydrogen-bond donors (Lipinski definition) is 1. The Morgan fingerprint density at radius 3 is 1.64 bits per heavy atom. The van der Waals surface area contributed by atoms with Gasteiger partial charge < -0.3 is 5.11 Å². The third kappa shape index (κ3) is 2.96. The van der Waals surface area contributed by atoms with E-state index in [4.69, 9.17) is 0 Å². The highest BCUT2D eigenvalue weighted by Crippen LogP contribution is 2.35. The molecule has 0 radical (unpaired) electrons. The average molecular weight is 156 g/mol. The lowest BCUT2D eigenvalue weighted by molar-refractivity contribution is 0.155. The molecule has 1 unspecified atom stereocenters. The molecule has 1 N–H and O–H groups in total. The smallest absolute Gasteiger partial charge is 0.0889 e. The largest absolute Gasteiger partial charge is 0.513 e. The van der Waals surface area contributed by atoms with Crippen molar-refractivity contribution in [3.63, 3.8) is 0 Å². The van der Waals surface area contributed by atoms with E-state index in [1.165, 1.54) is 0 Å². The van der Waals surface area contributed by atoms with E-state index in [2.05, 4.69) is 41.2 Å². The van der Waals surface area contributed by atoms with E-state index in [0.717, 1.165) is 0 Å². The molecule has 0 aliphatic heterocycles. The molecule has 0 saturated heterocycles. The van der Waals surface area contributed by atoms with Gasteiger partial charge in [-0.2, -0.15) is 0 Å². The van der Waals surface area contributed by atoms with Crippen molar-refractivity contribution in [3.05, 3.63) is 12.3 Å². The average Bonchev–Trinajstić information content (AvgIpc) is 1.54. The molecule has 0 fully saturated rings. The van der Waals surface area contributed by atoms with Crippen molar-refractivity contribution in [2.75, 3.05) is 0 Å². The van der Waals surface area contributed by atoms with Crippen molar-refractivity contribution < 1.29 is 5.11 Å². The Morgan fingerprint density at radius 2 is 1.64 bits per heavy atom. The van der Waals surface area contributed by atoms with E-state index in [9.17, 15) is 5.11 Å². The molecule has 11 heavy (non-hydrogen) atoms. The van der Waals surface area contributed by atoms with Crippen molar-refractivity contribution in [1.82, 2.24) is 0 Å². The Balaban J connectivity index is 4.49. The van der Waals surface area contributed by atoms with Gasteiger partial charge in [-0.15, -0.1) is 0 Å². The van der Waals surface area contributed by atoms with Crippen LogP contribution in [0.1, 0.15) is 34.6 Å². The molecule has 0 heterocycles. The predicted molar refractivity (Wildman–Crippen MR) is 49.6 cm³/mol. The van der Waals surface area contributed by atoms with Gasteiger partial charge in [0.2, 0.25) is 0 Å². The van der Waals surface area contributed by atoms with Crippen LogP contribution in [-0.2, 0) is 0 Å². The molecule has 0 aliphatic carbocycles. The lowest BCUT2D eigenvalue weighted by Crippen LogP contribution is -2.26. The SMILES string of the molecule is C=C(O)C(C(C)C)C(C)(C)C. The minimum Gasteiger partial charge on any atom is -0.513 e. The summed E-state index contributed by atoms with van der Waals surface area (Å²) >= 11 is 0. The summed E-state index contributed by atoms with van der Waals surface area (Å²) in [5.41, 5.74) is 0.111. The zero-order valence-electron chi connectivity index (χ0n) is 8.31. The van der Waals surface area contributed by atoms with E-state index in [1.54, 1.807) is 0 Å². The van der Waals surface area contributed by atoms with E-state index < -0.39 is 0 Å². The molecule has 0 aromatic carbocycles. The van der Waals surface area contributed by atoms with Crippen LogP contribution in [0.3, 0.4) is 0 Å². The number of aliphatic hydroxyl groups is 1. The number of hydrogen-bond acceptors (Lipinski definition) is 1. The normalized spacial score (nSPS) is 15.1. The highest BCUT2D eigenvalue weighted by molar-refractivity contribution is 4.96. The lowest BCUT2D eigenvalue weighted by atomic mass is 9.73. The second-order valence-corrected chi connectivity index (χ2v) is 4.58. The fourth-order valence-electron chi connectivity index (χ4n) is 1.88. The molecule has 1 atom stereocenters. The molecule has 0 spiro atoms. The first-order chi connectivity index (χ1) is 4.76. The van der Waals surface area contributed by atoms with Gasteiger partial charge in [0.1, 0.15) is 0 Å². The lowest BCUT2D eigenvalue weighted by Gasteiger charge is -2.32. The Kier molecular flexibility index (Phi) is 3.15. The Labute approximate surface area is 70.1 Å². The Morgan fingerprint density at radius 1 is 1.27 bits per heavy atom. The molecule has 1 nitrogen and oxygen atoms in total. The zero-order valence-corrected chi connectivity index (χ0v) is 8.31. The van der Waals surface area contributed by atoms with Gasteiger partial charge in [0.05, 0.1) is 5.76 Å². The number of aliphatic hydroxyl groups excluding tert-OH is 1. The van der Waals surface area contributed by atoms with Crippen LogP contribution < -0.4 is 0 Å². The molecule has 0 aliphatic rings. The van der Waals surface area contributed by atoms with Crippen molar-refractivity contribution in [1.29, 1.82) is 0 Å². The van der Waals surface area contributed by atoms with Crippen LogP contribution in [0.25, 0.3) is 0 Å². The molecule has 0 saturated carbocycles. The summed E-state index contributed by atoms with van der Waals surface area (Å²) in [5.74, 6) is 0.961. The van der Waals surface area contributed by atoms with Crippen LogP contribution in [0.4, 0.5) is 0 Å². The molecule has 0 aromatic rings. The van der Waals surface area contributed by atoms with Crippen LogP contribution in [0.15, 0.2) is 12.3 Å². The first kappa shape index (κ1) is 10.5. The standard InChI is InChI=1S/C10H20O/c1-7(2)9(8(3)11)10(4,5)6/h7,9,11H,3H2,1-2,4-6H3. The maximum atomic E-state index is 9.32. The summed E-state index contributed by atoms with van der Waals surface area (Å²) in [6, 6.07) is 0. The topological polar surface area (TPSA) is 20.2 Å². The maximum absolute atomic E-state index is 9.32. The van der Waals surface area contributed by atoms with Crippen molar-refractivity contribution in [3.8, 4) is 0 Å². The second kappa shape index (κ2) is 3.29. The third-order valence-electron chi connectivity index (χ3n) is 1.96. The first-order valence-electron chi connectivity index (χ1n) is 4.14. The summed E-state index contributed by atoms with van der Waals surface area (Å²) < 4.78 is 0. The summed E-state index contributed by atoms with van der Waals surface area (Å²) in [6.45, 7) is 14.2. The zero-order chi connectivity index (χ0) is 9.23. The van der Waals surface area contributed by atoms with Gasteiger partial charge in [0.25, 0.3) is 0 Å². The molecule has 0 amide bonds. The second-order valence-electron chi connectivity index (χ2n) is 4.58. The highest BCUT2D eigenvalue weighted by atomic mass is 16.3. The molecule has 66 valence electrons. The number of allylic oxidation sites excluding steroid dienone is 1. The van der Waals surface area contributed by atoms with Gasteiger partial charge in [-0.25, -0.2) is 0 Å². The highest BCUT2D eigenvalue weighted by Gasteiger charge is 2.29. The maximum Gasteiger partial charge on any atom is 0.0889 e. The van der Waals surface area contributed by atoms with Crippen molar-refractivity contribution in [2.45, 2.75) is 34.6 Å². The quantitative estimate of drug-likeness (QED) is 0.608. The summed E-state index contributed by atoms with van der Waals surface area (Å²) in [4.78, 5) is 0. The predicted octanol–water partition coefficient (Wildman–Crippen LogP) is 3.38. The van der Waals surface area contributed by atoms with Gasteiger partial charge in [0.15, 0.2) is 0 Å². The minimum atomic E-state index is 0.111. The van der Waals surface area contributed by atoms with Crippen LogP contribution in [0.2, 0.25) is 0 Å². The molecular formula is C10H20O. The van der Waals surface area contributed by atoms with Crippen LogP contribution in [0.5, 0.6) is 0 Å². The summed E-state index contributed by atoms with van der Waals surface area (Å²) in [6.07, 6.45) is 0.